The fraction of sp³-hybridized carbons (Fsp3) is 0.263. The second-order valence-corrected chi connectivity index (χ2v) is 5.95. The molecular formula is C19H20N6O. The molecule has 0 spiro atoms. The molecule has 7 heteroatoms. The molecule has 3 aromatic rings. The van der Waals surface area contributed by atoms with E-state index in [-0.39, 0.29) is 5.91 Å². The Hall–Kier alpha value is -3.40. The number of nitriles is 1. The highest BCUT2D eigenvalue weighted by atomic mass is 16.1. The Morgan fingerprint density at radius 3 is 2.85 bits per heavy atom. The van der Waals surface area contributed by atoms with Crippen LogP contribution < -0.4 is 5.32 Å². The number of carbonyl (C=O) groups excluding carboxylic acids is 1. The van der Waals surface area contributed by atoms with E-state index >= 15 is 0 Å². The van der Waals surface area contributed by atoms with E-state index in [4.69, 9.17) is 0 Å². The standard InChI is InChI=1S/C19H20N6O/c1-15-21-9-11-24(15)10-5-8-19(26)23-18(12-20)16-13-22-25(14-16)17-6-3-2-4-7-17/h2-4,6-7,9,11,13-14,18H,5,8,10H2,1H3,(H,23,26)/t18-/m0/s1. The molecule has 0 radical (unpaired) electrons. The van der Waals surface area contributed by atoms with E-state index in [0.29, 0.717) is 18.4 Å². The molecule has 1 N–H and O–H groups in total. The third-order valence-corrected chi connectivity index (χ3v) is 4.12. The first-order valence-corrected chi connectivity index (χ1v) is 8.44. The summed E-state index contributed by atoms with van der Waals surface area (Å²) in [5.74, 6) is 0.774. The maximum Gasteiger partial charge on any atom is 0.221 e. The van der Waals surface area contributed by atoms with Gasteiger partial charge in [-0.2, -0.15) is 10.4 Å². The molecule has 26 heavy (non-hydrogen) atoms. The van der Waals surface area contributed by atoms with E-state index in [2.05, 4.69) is 21.5 Å². The molecule has 0 fully saturated rings. The number of aromatic nitrogens is 4. The number of carbonyl (C=O) groups is 1. The SMILES string of the molecule is Cc1nccn1CCCC(=O)N[C@@H](C#N)c1cnn(-c2ccccc2)c1. The van der Waals surface area contributed by atoms with Crippen LogP contribution in [0.3, 0.4) is 0 Å². The van der Waals surface area contributed by atoms with Crippen LogP contribution in [0.25, 0.3) is 5.69 Å². The van der Waals surface area contributed by atoms with Crippen LogP contribution in [-0.4, -0.2) is 25.2 Å². The first-order valence-electron chi connectivity index (χ1n) is 8.44. The molecule has 3 rings (SSSR count). The van der Waals surface area contributed by atoms with Crippen molar-refractivity contribution in [2.45, 2.75) is 32.4 Å². The van der Waals surface area contributed by atoms with Gasteiger partial charge in [0.2, 0.25) is 5.91 Å². The zero-order chi connectivity index (χ0) is 18.4. The monoisotopic (exact) mass is 348 g/mol. The maximum atomic E-state index is 12.2. The lowest BCUT2D eigenvalue weighted by Crippen LogP contribution is -2.27. The minimum Gasteiger partial charge on any atom is -0.337 e. The lowest BCUT2D eigenvalue weighted by Gasteiger charge is -2.10. The molecule has 0 bridgehead atoms. The first kappa shape index (κ1) is 17.4. The van der Waals surface area contributed by atoms with Crippen LogP contribution in [0, 0.1) is 18.3 Å². The van der Waals surface area contributed by atoms with Crippen LogP contribution >= 0.6 is 0 Å². The molecule has 1 aromatic carbocycles. The Balaban J connectivity index is 1.56. The van der Waals surface area contributed by atoms with Gasteiger partial charge >= 0.3 is 0 Å². The third-order valence-electron chi connectivity index (χ3n) is 4.12. The van der Waals surface area contributed by atoms with Crippen LogP contribution in [0.4, 0.5) is 0 Å². The Morgan fingerprint density at radius 1 is 1.35 bits per heavy atom. The number of nitrogens with zero attached hydrogens (tertiary/aromatic N) is 5. The van der Waals surface area contributed by atoms with E-state index < -0.39 is 6.04 Å². The van der Waals surface area contributed by atoms with E-state index in [0.717, 1.165) is 18.1 Å². The minimum atomic E-state index is -0.713. The number of para-hydroxylation sites is 1. The predicted molar refractivity (Wildman–Crippen MR) is 96.3 cm³/mol. The van der Waals surface area contributed by atoms with Gasteiger partial charge in [-0.3, -0.25) is 4.79 Å². The number of imidazole rings is 1. The third kappa shape index (κ3) is 4.16. The van der Waals surface area contributed by atoms with Crippen molar-refractivity contribution in [2.24, 2.45) is 0 Å². The molecule has 0 aliphatic heterocycles. The van der Waals surface area contributed by atoms with Crippen molar-refractivity contribution in [1.82, 2.24) is 24.6 Å². The normalized spacial score (nSPS) is 11.7. The molecule has 0 aliphatic carbocycles. The molecule has 0 saturated carbocycles. The summed E-state index contributed by atoms with van der Waals surface area (Å²) < 4.78 is 3.69. The average Bonchev–Trinajstić information content (AvgIpc) is 3.30. The zero-order valence-corrected chi connectivity index (χ0v) is 14.5. The fourth-order valence-corrected chi connectivity index (χ4v) is 2.68. The van der Waals surface area contributed by atoms with Gasteiger partial charge in [0.15, 0.2) is 0 Å². The Labute approximate surface area is 151 Å². The second-order valence-electron chi connectivity index (χ2n) is 5.95. The van der Waals surface area contributed by atoms with Crippen LogP contribution in [0.5, 0.6) is 0 Å². The molecule has 1 atom stereocenters. The van der Waals surface area contributed by atoms with Crippen molar-refractivity contribution in [3.63, 3.8) is 0 Å². The smallest absolute Gasteiger partial charge is 0.221 e. The van der Waals surface area contributed by atoms with Gasteiger partial charge in [0.25, 0.3) is 0 Å². The fourth-order valence-electron chi connectivity index (χ4n) is 2.68. The summed E-state index contributed by atoms with van der Waals surface area (Å²) in [4.78, 5) is 16.3. The van der Waals surface area contributed by atoms with Gasteiger partial charge in [0.05, 0.1) is 18.0 Å². The number of amides is 1. The van der Waals surface area contributed by atoms with Gasteiger partial charge in [0.1, 0.15) is 11.9 Å². The lowest BCUT2D eigenvalue weighted by atomic mass is 10.1. The average molecular weight is 348 g/mol. The van der Waals surface area contributed by atoms with Gasteiger partial charge in [-0.05, 0) is 25.5 Å². The lowest BCUT2D eigenvalue weighted by molar-refractivity contribution is -0.121. The van der Waals surface area contributed by atoms with Gasteiger partial charge in [-0.15, -0.1) is 0 Å². The molecule has 0 unspecified atom stereocenters. The van der Waals surface area contributed by atoms with E-state index in [1.54, 1.807) is 23.3 Å². The van der Waals surface area contributed by atoms with Crippen molar-refractivity contribution in [3.05, 3.63) is 66.5 Å². The maximum absolute atomic E-state index is 12.2. The quantitative estimate of drug-likeness (QED) is 0.710. The number of hydrogen-bond donors (Lipinski definition) is 1. The van der Waals surface area contributed by atoms with E-state index in [1.165, 1.54) is 0 Å². The molecule has 2 heterocycles. The van der Waals surface area contributed by atoms with Crippen LogP contribution in [0.2, 0.25) is 0 Å². The van der Waals surface area contributed by atoms with E-state index in [1.807, 2.05) is 48.0 Å². The Morgan fingerprint density at radius 2 is 2.15 bits per heavy atom. The summed E-state index contributed by atoms with van der Waals surface area (Å²) in [6, 6.07) is 11.0. The molecule has 7 nitrogen and oxygen atoms in total. The van der Waals surface area contributed by atoms with Crippen molar-refractivity contribution in [3.8, 4) is 11.8 Å². The molecule has 2 aromatic heterocycles. The van der Waals surface area contributed by atoms with Crippen molar-refractivity contribution < 1.29 is 4.79 Å². The number of rotatable bonds is 7. The number of benzene rings is 1. The van der Waals surface area contributed by atoms with Gasteiger partial charge in [-0.1, -0.05) is 18.2 Å². The topological polar surface area (TPSA) is 88.5 Å². The largest absolute Gasteiger partial charge is 0.337 e. The first-order chi connectivity index (χ1) is 12.7. The second kappa shape index (κ2) is 8.12. The predicted octanol–water partition coefficient (Wildman–Crippen LogP) is 2.54. The number of hydrogen-bond acceptors (Lipinski definition) is 4. The summed E-state index contributed by atoms with van der Waals surface area (Å²) >= 11 is 0. The van der Waals surface area contributed by atoms with Gasteiger partial charge in [0, 0.05) is 37.1 Å². The summed E-state index contributed by atoms with van der Waals surface area (Å²) in [7, 11) is 0. The number of nitrogens with one attached hydrogen (secondary N) is 1. The summed E-state index contributed by atoms with van der Waals surface area (Å²) in [6.07, 6.45) is 8.04. The molecule has 0 saturated heterocycles. The molecule has 1 amide bonds. The molecule has 0 aliphatic rings. The Bertz CT molecular complexity index is 906. The van der Waals surface area contributed by atoms with Crippen molar-refractivity contribution >= 4 is 5.91 Å². The number of aryl methyl sites for hydroxylation is 2. The van der Waals surface area contributed by atoms with Crippen molar-refractivity contribution in [1.29, 1.82) is 5.26 Å². The van der Waals surface area contributed by atoms with Crippen LogP contribution in [0.1, 0.15) is 30.3 Å². The highest BCUT2D eigenvalue weighted by Crippen LogP contribution is 2.14. The zero-order valence-electron chi connectivity index (χ0n) is 14.5. The minimum absolute atomic E-state index is 0.151. The highest BCUT2D eigenvalue weighted by molar-refractivity contribution is 5.76. The Kier molecular flexibility index (Phi) is 5.44. The summed E-state index contributed by atoms with van der Waals surface area (Å²) in [6.45, 7) is 2.65. The van der Waals surface area contributed by atoms with E-state index in [9.17, 15) is 10.1 Å². The highest BCUT2D eigenvalue weighted by Gasteiger charge is 2.16. The summed E-state index contributed by atoms with van der Waals surface area (Å²) in [5, 5.41) is 16.4. The summed E-state index contributed by atoms with van der Waals surface area (Å²) in [5.41, 5.74) is 1.56. The van der Waals surface area contributed by atoms with Crippen molar-refractivity contribution in [2.75, 3.05) is 0 Å². The van der Waals surface area contributed by atoms with Crippen LogP contribution in [0.15, 0.2) is 55.1 Å². The molecule has 132 valence electrons. The van der Waals surface area contributed by atoms with Crippen LogP contribution in [-0.2, 0) is 11.3 Å². The van der Waals surface area contributed by atoms with Gasteiger partial charge in [-0.25, -0.2) is 9.67 Å². The molecular weight excluding hydrogens is 328 g/mol. The van der Waals surface area contributed by atoms with Gasteiger partial charge < -0.3 is 9.88 Å².